The van der Waals surface area contributed by atoms with Gasteiger partial charge in [-0.2, -0.15) is 0 Å². The second kappa shape index (κ2) is 11.8. The van der Waals surface area contributed by atoms with Crippen LogP contribution in [0.3, 0.4) is 0 Å². The summed E-state index contributed by atoms with van der Waals surface area (Å²) < 4.78 is 10.8. The van der Waals surface area contributed by atoms with Gasteiger partial charge in [0.1, 0.15) is 16.4 Å². The number of carbonyl (C=O) groups is 3. The fourth-order valence-corrected chi connectivity index (χ4v) is 5.17. The molecule has 3 aromatic rings. The lowest BCUT2D eigenvalue weighted by Gasteiger charge is -2.23. The Morgan fingerprint density at radius 2 is 1.79 bits per heavy atom. The predicted octanol–water partition coefficient (Wildman–Crippen LogP) is 6.09. The van der Waals surface area contributed by atoms with Crippen LogP contribution in [0.2, 0.25) is 5.02 Å². The lowest BCUT2D eigenvalue weighted by Crippen LogP contribution is -2.29. The molecule has 1 aromatic heterocycles. The first kappa shape index (κ1) is 27.3. The van der Waals surface area contributed by atoms with Crippen LogP contribution < -0.4 is 9.64 Å². The molecule has 38 heavy (non-hydrogen) atoms. The number of Topliss-reactive ketones (excluding diaryl/α,β-unsaturated/α-hetero) is 1. The summed E-state index contributed by atoms with van der Waals surface area (Å²) in [5, 5.41) is 11.9. The molecule has 4 rings (SSSR count). The van der Waals surface area contributed by atoms with Crippen LogP contribution in [-0.4, -0.2) is 41.0 Å². The number of rotatable bonds is 9. The first-order chi connectivity index (χ1) is 18.3. The van der Waals surface area contributed by atoms with E-state index >= 15 is 0 Å². The van der Waals surface area contributed by atoms with E-state index in [0.717, 1.165) is 24.2 Å². The van der Waals surface area contributed by atoms with E-state index in [2.05, 4.69) is 11.9 Å². The quantitative estimate of drug-likeness (QED) is 0.112. The Morgan fingerprint density at radius 1 is 1.11 bits per heavy atom. The Kier molecular flexibility index (Phi) is 8.48. The third kappa shape index (κ3) is 5.44. The number of aromatic nitrogens is 1. The molecule has 2 aromatic carbocycles. The lowest BCUT2D eigenvalue weighted by atomic mass is 9.95. The summed E-state index contributed by atoms with van der Waals surface area (Å²) in [4.78, 5) is 45.0. The van der Waals surface area contributed by atoms with Gasteiger partial charge in [-0.05, 0) is 62.2 Å². The molecule has 1 saturated heterocycles. The largest absolute Gasteiger partial charge is 0.507 e. The van der Waals surface area contributed by atoms with Gasteiger partial charge in [0.25, 0.3) is 5.78 Å². The van der Waals surface area contributed by atoms with E-state index in [1.165, 1.54) is 4.90 Å². The smallest absolute Gasteiger partial charge is 0.350 e. The van der Waals surface area contributed by atoms with Crippen molar-refractivity contribution in [3.8, 4) is 5.75 Å². The monoisotopic (exact) mass is 554 g/mol. The Bertz CT molecular complexity index is 1380. The van der Waals surface area contributed by atoms with Gasteiger partial charge in [0.15, 0.2) is 5.13 Å². The Balaban J connectivity index is 1.80. The van der Waals surface area contributed by atoms with Gasteiger partial charge in [-0.3, -0.25) is 14.5 Å². The minimum atomic E-state index is -0.992. The second-order valence-corrected chi connectivity index (χ2v) is 9.99. The number of aryl methyl sites for hydroxylation is 1. The Labute approximate surface area is 229 Å². The highest BCUT2D eigenvalue weighted by Crippen LogP contribution is 2.44. The number of esters is 1. The number of hydrogen-bond acceptors (Lipinski definition) is 8. The van der Waals surface area contributed by atoms with Gasteiger partial charge in [0.05, 0.1) is 30.5 Å². The first-order valence-corrected chi connectivity index (χ1v) is 13.4. The predicted molar refractivity (Wildman–Crippen MR) is 146 cm³/mol. The number of hydrogen-bond donors (Lipinski definition) is 1. The number of anilines is 1. The molecule has 1 amide bonds. The minimum absolute atomic E-state index is 0.0949. The second-order valence-electron chi connectivity index (χ2n) is 8.58. The van der Waals surface area contributed by atoms with Gasteiger partial charge in [0.2, 0.25) is 0 Å². The fourth-order valence-electron chi connectivity index (χ4n) is 4.06. The van der Waals surface area contributed by atoms with Gasteiger partial charge >= 0.3 is 11.9 Å². The molecule has 0 bridgehead atoms. The molecule has 10 heteroatoms. The lowest BCUT2D eigenvalue weighted by molar-refractivity contribution is -0.132. The van der Waals surface area contributed by atoms with Crippen molar-refractivity contribution in [2.24, 2.45) is 0 Å². The summed E-state index contributed by atoms with van der Waals surface area (Å²) in [6, 6.07) is 12.3. The maximum absolute atomic E-state index is 13.4. The molecular weight excluding hydrogens is 528 g/mol. The van der Waals surface area contributed by atoms with E-state index < -0.39 is 23.7 Å². The van der Waals surface area contributed by atoms with Crippen molar-refractivity contribution >= 4 is 51.5 Å². The fraction of sp³-hybridized carbons (Fsp3) is 0.286. The highest BCUT2D eigenvalue weighted by atomic mass is 35.5. The van der Waals surface area contributed by atoms with Crippen LogP contribution in [-0.2, 0) is 14.3 Å². The van der Waals surface area contributed by atoms with Crippen molar-refractivity contribution in [3.05, 3.63) is 80.8 Å². The molecule has 1 aliphatic rings. The van der Waals surface area contributed by atoms with Gasteiger partial charge in [-0.15, -0.1) is 0 Å². The first-order valence-electron chi connectivity index (χ1n) is 12.2. The topological polar surface area (TPSA) is 106 Å². The third-order valence-electron chi connectivity index (χ3n) is 5.98. The Hall–Kier alpha value is -3.69. The van der Waals surface area contributed by atoms with Crippen molar-refractivity contribution < 1.29 is 29.0 Å². The van der Waals surface area contributed by atoms with E-state index in [1.807, 2.05) is 0 Å². The molecule has 2 heterocycles. The molecule has 0 aliphatic carbocycles. The summed E-state index contributed by atoms with van der Waals surface area (Å²) in [5.41, 5.74) is 1.17. The molecule has 8 nitrogen and oxygen atoms in total. The zero-order valence-electron chi connectivity index (χ0n) is 21.2. The van der Waals surface area contributed by atoms with Crippen LogP contribution in [0.4, 0.5) is 5.13 Å². The zero-order chi connectivity index (χ0) is 27.4. The number of benzene rings is 2. The number of aliphatic hydroxyl groups excluding tert-OH is 1. The number of thiazole rings is 1. The number of ketones is 1. The number of amides is 1. The average molecular weight is 555 g/mol. The molecule has 0 radical (unpaired) electrons. The Morgan fingerprint density at radius 3 is 2.42 bits per heavy atom. The van der Waals surface area contributed by atoms with E-state index in [0.29, 0.717) is 34.2 Å². The minimum Gasteiger partial charge on any atom is -0.507 e. The number of carbonyl (C=O) groups excluding carboxylic acids is 3. The van der Waals surface area contributed by atoms with Crippen molar-refractivity contribution in [2.45, 2.75) is 39.7 Å². The molecule has 0 spiro atoms. The normalized spacial score (nSPS) is 16.6. The summed E-state index contributed by atoms with van der Waals surface area (Å²) in [5.74, 6) is -1.99. The summed E-state index contributed by atoms with van der Waals surface area (Å²) in [6.07, 6.45) is 1.92. The van der Waals surface area contributed by atoms with Crippen molar-refractivity contribution in [3.63, 3.8) is 0 Å². The van der Waals surface area contributed by atoms with Crippen LogP contribution in [0.25, 0.3) is 5.76 Å². The maximum atomic E-state index is 13.4. The highest BCUT2D eigenvalue weighted by Gasteiger charge is 2.48. The van der Waals surface area contributed by atoms with Crippen molar-refractivity contribution in [1.29, 1.82) is 0 Å². The van der Waals surface area contributed by atoms with Gasteiger partial charge in [-0.25, -0.2) is 9.78 Å². The molecule has 1 N–H and O–H groups in total. The van der Waals surface area contributed by atoms with Crippen LogP contribution in [0.1, 0.15) is 59.2 Å². The number of aliphatic hydroxyl groups is 1. The summed E-state index contributed by atoms with van der Waals surface area (Å²) in [7, 11) is 0. The van der Waals surface area contributed by atoms with Crippen LogP contribution in [0.15, 0.2) is 54.1 Å². The molecular formula is C28H27ClN2O6S. The van der Waals surface area contributed by atoms with E-state index in [-0.39, 0.29) is 27.9 Å². The van der Waals surface area contributed by atoms with Gasteiger partial charge in [0, 0.05) is 10.6 Å². The maximum Gasteiger partial charge on any atom is 0.350 e. The molecule has 198 valence electrons. The number of halogens is 1. The third-order valence-corrected chi connectivity index (χ3v) is 7.37. The van der Waals surface area contributed by atoms with Gasteiger partial charge < -0.3 is 14.6 Å². The molecule has 1 aliphatic heterocycles. The molecule has 0 saturated carbocycles. The van der Waals surface area contributed by atoms with E-state index in [1.54, 1.807) is 62.4 Å². The standard InChI is InChI=1S/C28H27ClN2O6S/c1-4-6-15-37-20-13-9-18(10-14-20)23(32)21-22(17-7-11-19(29)12-8-17)31(26(34)24(21)33)28-30-16(3)25(38-28)27(35)36-5-2/h7-14,22,32H,4-6,15H2,1-3H3/b23-21+. The van der Waals surface area contributed by atoms with Crippen molar-refractivity contribution in [1.82, 2.24) is 4.98 Å². The number of ether oxygens (including phenoxy) is 2. The number of unbranched alkanes of at least 4 members (excludes halogenated alkanes) is 1. The van der Waals surface area contributed by atoms with Gasteiger partial charge in [-0.1, -0.05) is 48.4 Å². The zero-order valence-corrected chi connectivity index (χ0v) is 22.8. The molecule has 1 atom stereocenters. The van der Waals surface area contributed by atoms with Crippen LogP contribution in [0.5, 0.6) is 5.75 Å². The van der Waals surface area contributed by atoms with E-state index in [4.69, 9.17) is 21.1 Å². The van der Waals surface area contributed by atoms with E-state index in [9.17, 15) is 19.5 Å². The molecule has 1 fully saturated rings. The van der Waals surface area contributed by atoms with Crippen LogP contribution >= 0.6 is 22.9 Å². The van der Waals surface area contributed by atoms with Crippen molar-refractivity contribution in [2.75, 3.05) is 18.1 Å². The number of nitrogens with zero attached hydrogens (tertiary/aromatic N) is 2. The molecule has 1 unspecified atom stereocenters. The SMILES string of the molecule is CCCCOc1ccc(/C(O)=C2\C(=O)C(=O)N(c3nc(C)c(C(=O)OCC)s3)C2c2ccc(Cl)cc2)cc1. The average Bonchev–Trinajstić information content (AvgIpc) is 3.41. The van der Waals surface area contributed by atoms with Crippen LogP contribution in [0, 0.1) is 6.92 Å². The summed E-state index contributed by atoms with van der Waals surface area (Å²) >= 11 is 7.04. The summed E-state index contributed by atoms with van der Waals surface area (Å²) in [6.45, 7) is 6.15. The highest BCUT2D eigenvalue weighted by molar-refractivity contribution is 7.17.